The SMILES string of the molecule is CN(C(=O)CSc1nc2cc(Cl)ccc2c(=O)n1Cc1ccco1)c1ccccc1. The molecule has 0 aliphatic rings. The maximum Gasteiger partial charge on any atom is 0.262 e. The molecule has 0 fully saturated rings. The summed E-state index contributed by atoms with van der Waals surface area (Å²) >= 11 is 7.29. The van der Waals surface area contributed by atoms with E-state index in [9.17, 15) is 9.59 Å². The highest BCUT2D eigenvalue weighted by atomic mass is 35.5. The number of benzene rings is 2. The van der Waals surface area contributed by atoms with E-state index in [2.05, 4.69) is 4.98 Å². The number of carbonyl (C=O) groups is 1. The lowest BCUT2D eigenvalue weighted by atomic mass is 10.2. The second-order valence-electron chi connectivity index (χ2n) is 6.60. The molecule has 0 atom stereocenters. The van der Waals surface area contributed by atoms with E-state index >= 15 is 0 Å². The number of anilines is 1. The summed E-state index contributed by atoms with van der Waals surface area (Å²) in [5, 5.41) is 1.39. The van der Waals surface area contributed by atoms with Crippen LogP contribution < -0.4 is 10.5 Å². The molecule has 0 unspecified atom stereocenters. The van der Waals surface area contributed by atoms with Crippen LogP contribution in [-0.2, 0) is 11.3 Å². The first-order valence-corrected chi connectivity index (χ1v) is 10.6. The normalized spacial score (nSPS) is 11.0. The summed E-state index contributed by atoms with van der Waals surface area (Å²) in [7, 11) is 1.72. The van der Waals surface area contributed by atoms with Crippen LogP contribution in [0.15, 0.2) is 81.3 Å². The van der Waals surface area contributed by atoms with Gasteiger partial charge in [0.15, 0.2) is 5.16 Å². The predicted octanol–water partition coefficient (Wildman–Crippen LogP) is 4.45. The van der Waals surface area contributed by atoms with E-state index < -0.39 is 0 Å². The van der Waals surface area contributed by atoms with Gasteiger partial charge in [-0.15, -0.1) is 0 Å². The summed E-state index contributed by atoms with van der Waals surface area (Å²) in [6, 6.07) is 17.9. The summed E-state index contributed by atoms with van der Waals surface area (Å²) in [5.41, 5.74) is 1.09. The lowest BCUT2D eigenvalue weighted by Gasteiger charge is -2.17. The fourth-order valence-electron chi connectivity index (χ4n) is 3.00. The summed E-state index contributed by atoms with van der Waals surface area (Å²) < 4.78 is 6.93. The van der Waals surface area contributed by atoms with Crippen molar-refractivity contribution in [1.29, 1.82) is 0 Å². The van der Waals surface area contributed by atoms with Gasteiger partial charge in [-0.25, -0.2) is 4.98 Å². The minimum Gasteiger partial charge on any atom is -0.467 e. The van der Waals surface area contributed by atoms with Gasteiger partial charge in [0.2, 0.25) is 5.91 Å². The minimum atomic E-state index is -0.209. The zero-order valence-electron chi connectivity index (χ0n) is 16.1. The molecule has 0 radical (unpaired) electrons. The molecular formula is C22H18ClN3O3S. The molecule has 4 rings (SSSR count). The lowest BCUT2D eigenvalue weighted by molar-refractivity contribution is -0.115. The molecule has 0 saturated carbocycles. The third-order valence-electron chi connectivity index (χ3n) is 4.62. The number of para-hydroxylation sites is 1. The van der Waals surface area contributed by atoms with Gasteiger partial charge >= 0.3 is 0 Å². The van der Waals surface area contributed by atoms with Crippen LogP contribution in [0.1, 0.15) is 5.76 Å². The van der Waals surface area contributed by atoms with E-state index in [0.29, 0.717) is 26.8 Å². The van der Waals surface area contributed by atoms with Crippen molar-refractivity contribution < 1.29 is 9.21 Å². The van der Waals surface area contributed by atoms with Crippen LogP contribution in [0.5, 0.6) is 0 Å². The first-order valence-electron chi connectivity index (χ1n) is 9.20. The van der Waals surface area contributed by atoms with Gasteiger partial charge in [-0.3, -0.25) is 14.2 Å². The van der Waals surface area contributed by atoms with Crippen molar-refractivity contribution in [1.82, 2.24) is 9.55 Å². The van der Waals surface area contributed by atoms with Gasteiger partial charge < -0.3 is 9.32 Å². The summed E-state index contributed by atoms with van der Waals surface area (Å²) in [6.07, 6.45) is 1.56. The van der Waals surface area contributed by atoms with Gasteiger partial charge in [-0.05, 0) is 42.5 Å². The lowest BCUT2D eigenvalue weighted by Crippen LogP contribution is -2.29. The Balaban J connectivity index is 1.66. The Bertz CT molecular complexity index is 1240. The summed E-state index contributed by atoms with van der Waals surface area (Å²) in [5.74, 6) is 0.653. The Hall–Kier alpha value is -3.03. The average Bonchev–Trinajstić information content (AvgIpc) is 3.27. The van der Waals surface area contributed by atoms with Crippen LogP contribution in [0, 0.1) is 0 Å². The van der Waals surface area contributed by atoms with Crippen molar-refractivity contribution in [2.75, 3.05) is 17.7 Å². The van der Waals surface area contributed by atoms with Crippen molar-refractivity contribution in [3.63, 3.8) is 0 Å². The van der Waals surface area contributed by atoms with Gasteiger partial charge in [0.1, 0.15) is 5.76 Å². The van der Waals surface area contributed by atoms with Crippen molar-refractivity contribution in [3.8, 4) is 0 Å². The quantitative estimate of drug-likeness (QED) is 0.328. The first kappa shape index (κ1) is 20.3. The topological polar surface area (TPSA) is 68.3 Å². The van der Waals surface area contributed by atoms with E-state index in [0.717, 1.165) is 5.69 Å². The molecule has 8 heteroatoms. The van der Waals surface area contributed by atoms with Gasteiger partial charge in [-0.2, -0.15) is 0 Å². The molecule has 1 amide bonds. The summed E-state index contributed by atoms with van der Waals surface area (Å²) in [4.78, 5) is 32.0. The second-order valence-corrected chi connectivity index (χ2v) is 7.98. The number of aromatic nitrogens is 2. The molecular weight excluding hydrogens is 422 g/mol. The van der Waals surface area contributed by atoms with E-state index in [1.807, 2.05) is 30.3 Å². The number of nitrogens with zero attached hydrogens (tertiary/aromatic N) is 3. The first-order chi connectivity index (χ1) is 14.5. The van der Waals surface area contributed by atoms with Gasteiger partial charge in [-0.1, -0.05) is 41.6 Å². The van der Waals surface area contributed by atoms with Crippen molar-refractivity contribution in [2.24, 2.45) is 0 Å². The molecule has 6 nitrogen and oxygen atoms in total. The van der Waals surface area contributed by atoms with Gasteiger partial charge in [0, 0.05) is 17.8 Å². The Morgan fingerprint density at radius 2 is 1.97 bits per heavy atom. The van der Waals surface area contributed by atoms with Crippen molar-refractivity contribution in [3.05, 3.63) is 88.1 Å². The molecule has 0 aliphatic heterocycles. The Labute approximate surface area is 182 Å². The van der Waals surface area contributed by atoms with Gasteiger partial charge in [0.05, 0.1) is 29.5 Å². The molecule has 4 aromatic rings. The summed E-state index contributed by atoms with van der Waals surface area (Å²) in [6.45, 7) is 0.225. The number of furan rings is 1. The Kier molecular flexibility index (Phi) is 5.92. The fraction of sp³-hybridized carbons (Fsp3) is 0.136. The molecule has 2 aromatic carbocycles. The number of halogens is 1. The number of hydrogen-bond donors (Lipinski definition) is 0. The Morgan fingerprint density at radius 1 is 1.17 bits per heavy atom. The van der Waals surface area contributed by atoms with E-state index in [4.69, 9.17) is 16.0 Å². The zero-order chi connectivity index (χ0) is 21.1. The third-order valence-corrected chi connectivity index (χ3v) is 5.81. The van der Waals surface area contributed by atoms with Crippen LogP contribution >= 0.6 is 23.4 Å². The van der Waals surface area contributed by atoms with Crippen LogP contribution in [0.3, 0.4) is 0 Å². The largest absolute Gasteiger partial charge is 0.467 e. The molecule has 0 bridgehead atoms. The van der Waals surface area contributed by atoms with Crippen LogP contribution in [0.25, 0.3) is 10.9 Å². The smallest absolute Gasteiger partial charge is 0.262 e. The fourth-order valence-corrected chi connectivity index (χ4v) is 4.08. The molecule has 2 aromatic heterocycles. The van der Waals surface area contributed by atoms with Crippen molar-refractivity contribution in [2.45, 2.75) is 11.7 Å². The standard InChI is InChI=1S/C22H18ClN3O3S/c1-25(16-6-3-2-4-7-16)20(27)14-30-22-24-19-12-15(23)9-10-18(19)21(28)26(22)13-17-8-5-11-29-17/h2-12H,13-14H2,1H3. The molecule has 2 heterocycles. The molecule has 30 heavy (non-hydrogen) atoms. The van der Waals surface area contributed by atoms with Crippen molar-refractivity contribution >= 4 is 45.9 Å². The van der Waals surface area contributed by atoms with Gasteiger partial charge in [0.25, 0.3) is 5.56 Å². The highest BCUT2D eigenvalue weighted by Gasteiger charge is 2.17. The maximum atomic E-state index is 13.1. The molecule has 0 saturated heterocycles. The number of thioether (sulfide) groups is 1. The van der Waals surface area contributed by atoms with Crippen LogP contribution in [0.4, 0.5) is 5.69 Å². The van der Waals surface area contributed by atoms with E-state index in [1.165, 1.54) is 16.3 Å². The van der Waals surface area contributed by atoms with Crippen LogP contribution in [-0.4, -0.2) is 28.3 Å². The highest BCUT2D eigenvalue weighted by molar-refractivity contribution is 7.99. The number of fused-ring (bicyclic) bond motifs is 1. The Morgan fingerprint density at radius 3 is 2.70 bits per heavy atom. The zero-order valence-corrected chi connectivity index (χ0v) is 17.7. The van der Waals surface area contributed by atoms with E-state index in [1.54, 1.807) is 48.5 Å². The monoisotopic (exact) mass is 439 g/mol. The molecule has 0 N–H and O–H groups in total. The van der Waals surface area contributed by atoms with Crippen LogP contribution in [0.2, 0.25) is 5.02 Å². The molecule has 0 aliphatic carbocycles. The number of amides is 1. The second kappa shape index (κ2) is 8.77. The number of rotatable bonds is 6. The maximum absolute atomic E-state index is 13.1. The minimum absolute atomic E-state index is 0.101. The number of hydrogen-bond acceptors (Lipinski definition) is 5. The predicted molar refractivity (Wildman–Crippen MR) is 119 cm³/mol. The highest BCUT2D eigenvalue weighted by Crippen LogP contribution is 2.22. The third kappa shape index (κ3) is 4.27. The van der Waals surface area contributed by atoms with E-state index in [-0.39, 0.29) is 23.8 Å². The molecule has 152 valence electrons. The molecule has 0 spiro atoms. The number of carbonyl (C=O) groups excluding carboxylic acids is 1. The average molecular weight is 440 g/mol.